The Hall–Kier alpha value is -2.61. The summed E-state index contributed by atoms with van der Waals surface area (Å²) in [6.07, 6.45) is 0.115. The number of rotatable bonds is 8. The Kier molecular flexibility index (Phi) is 6.97. The number of nitrogens with one attached hydrogen (secondary N) is 1. The number of non-ortho nitro benzene ring substituents is 1. The molecule has 0 aliphatic rings. The van der Waals surface area contributed by atoms with E-state index in [-0.39, 0.29) is 18.0 Å². The van der Waals surface area contributed by atoms with Crippen molar-refractivity contribution >= 4 is 33.2 Å². The van der Waals surface area contributed by atoms with Crippen LogP contribution in [0, 0.1) is 10.1 Å². The molecule has 26 heavy (non-hydrogen) atoms. The lowest BCUT2D eigenvalue weighted by atomic mass is 10.1. The molecule has 0 radical (unpaired) electrons. The van der Waals surface area contributed by atoms with Crippen molar-refractivity contribution in [3.63, 3.8) is 0 Å². The maximum absolute atomic E-state index is 12.3. The van der Waals surface area contributed by atoms with Crippen LogP contribution in [0.1, 0.15) is 19.4 Å². The number of hydrogen-bond donors (Lipinski definition) is 1. The first-order valence-electron chi connectivity index (χ1n) is 8.06. The molecular formula is C18H19BrN2O5. The van der Waals surface area contributed by atoms with Gasteiger partial charge in [-0.3, -0.25) is 14.9 Å². The van der Waals surface area contributed by atoms with Crippen LogP contribution in [0.15, 0.2) is 40.9 Å². The summed E-state index contributed by atoms with van der Waals surface area (Å²) in [5.74, 6) is 0.947. The molecule has 8 heteroatoms. The highest BCUT2D eigenvalue weighted by Gasteiger charge is 2.14. The Morgan fingerprint density at radius 1 is 1.12 bits per heavy atom. The van der Waals surface area contributed by atoms with Crippen molar-refractivity contribution in [1.82, 2.24) is 0 Å². The third-order valence-electron chi connectivity index (χ3n) is 3.43. The summed E-state index contributed by atoms with van der Waals surface area (Å²) in [4.78, 5) is 22.5. The first-order valence-corrected chi connectivity index (χ1v) is 8.86. The Labute approximate surface area is 159 Å². The Morgan fingerprint density at radius 3 is 2.23 bits per heavy atom. The third-order valence-corrected chi connectivity index (χ3v) is 4.16. The highest BCUT2D eigenvalue weighted by molar-refractivity contribution is 9.10. The first kappa shape index (κ1) is 19.7. The fourth-order valence-electron chi connectivity index (χ4n) is 2.29. The molecule has 1 N–H and O–H groups in total. The van der Waals surface area contributed by atoms with E-state index < -0.39 is 4.92 Å². The minimum atomic E-state index is -0.488. The molecule has 0 aliphatic carbocycles. The summed E-state index contributed by atoms with van der Waals surface area (Å²) in [6, 6.07) is 9.23. The molecule has 0 heterocycles. The number of nitrogens with zero attached hydrogens (tertiary/aromatic N) is 1. The van der Waals surface area contributed by atoms with Gasteiger partial charge in [0.15, 0.2) is 11.5 Å². The molecule has 2 rings (SSSR count). The Morgan fingerprint density at radius 2 is 1.69 bits per heavy atom. The van der Waals surface area contributed by atoms with Crippen LogP contribution in [0.5, 0.6) is 11.5 Å². The Bertz CT molecular complexity index is 793. The quantitative estimate of drug-likeness (QED) is 0.504. The summed E-state index contributed by atoms with van der Waals surface area (Å²) < 4.78 is 11.9. The standard InChI is InChI=1S/C18H19BrN2O5/c1-3-25-16-9-12(15(19)11-17(16)26-4-2)10-18(22)20-13-5-7-14(8-6-13)21(23)24/h5-9,11H,3-4,10H2,1-2H3,(H,20,22). The van der Waals surface area contributed by atoms with Crippen LogP contribution in [-0.4, -0.2) is 24.0 Å². The number of ether oxygens (including phenoxy) is 2. The molecule has 2 aromatic rings. The number of nitro benzene ring substituents is 1. The lowest BCUT2D eigenvalue weighted by molar-refractivity contribution is -0.384. The van der Waals surface area contributed by atoms with Crippen LogP contribution in [0.25, 0.3) is 0 Å². The molecule has 0 fully saturated rings. The average molecular weight is 423 g/mol. The van der Waals surface area contributed by atoms with Gasteiger partial charge in [0.1, 0.15) is 0 Å². The van der Waals surface area contributed by atoms with Gasteiger partial charge in [-0.1, -0.05) is 15.9 Å². The van der Waals surface area contributed by atoms with Crippen molar-refractivity contribution in [3.8, 4) is 11.5 Å². The summed E-state index contributed by atoms with van der Waals surface area (Å²) in [5, 5.41) is 13.4. The van der Waals surface area contributed by atoms with Gasteiger partial charge in [0.05, 0.1) is 24.6 Å². The molecule has 0 saturated heterocycles. The predicted molar refractivity (Wildman–Crippen MR) is 102 cm³/mol. The van der Waals surface area contributed by atoms with Crippen LogP contribution in [0.2, 0.25) is 0 Å². The number of carbonyl (C=O) groups excluding carboxylic acids is 1. The van der Waals surface area contributed by atoms with Crippen molar-refractivity contribution < 1.29 is 19.2 Å². The summed E-state index contributed by atoms with van der Waals surface area (Å²) in [6.45, 7) is 4.75. The SMILES string of the molecule is CCOc1cc(Br)c(CC(=O)Nc2ccc([N+](=O)[O-])cc2)cc1OCC. The minimum Gasteiger partial charge on any atom is -0.490 e. The number of hydrogen-bond acceptors (Lipinski definition) is 5. The van der Waals surface area contributed by atoms with Crippen LogP contribution in [0.3, 0.4) is 0 Å². The maximum atomic E-state index is 12.3. The second-order valence-electron chi connectivity index (χ2n) is 5.29. The van der Waals surface area contributed by atoms with E-state index in [1.54, 1.807) is 12.1 Å². The number of halogens is 1. The Balaban J connectivity index is 2.12. The van der Waals surface area contributed by atoms with Gasteiger partial charge in [0.25, 0.3) is 5.69 Å². The van der Waals surface area contributed by atoms with E-state index in [1.807, 2.05) is 13.8 Å². The molecule has 0 aromatic heterocycles. The van der Waals surface area contributed by atoms with Crippen LogP contribution in [0.4, 0.5) is 11.4 Å². The number of nitro groups is 1. The average Bonchev–Trinajstić information content (AvgIpc) is 2.59. The van der Waals surface area contributed by atoms with Gasteiger partial charge in [-0.25, -0.2) is 0 Å². The van der Waals surface area contributed by atoms with Crippen molar-refractivity contribution in [2.45, 2.75) is 20.3 Å². The van der Waals surface area contributed by atoms with E-state index in [1.165, 1.54) is 24.3 Å². The van der Waals surface area contributed by atoms with E-state index in [0.717, 1.165) is 10.0 Å². The molecule has 2 aromatic carbocycles. The third kappa shape index (κ3) is 5.19. The first-order chi connectivity index (χ1) is 12.4. The molecule has 7 nitrogen and oxygen atoms in total. The van der Waals surface area contributed by atoms with Gasteiger partial charge in [-0.15, -0.1) is 0 Å². The molecule has 0 atom stereocenters. The molecule has 0 aliphatic heterocycles. The summed E-state index contributed by atoms with van der Waals surface area (Å²) in [7, 11) is 0. The highest BCUT2D eigenvalue weighted by Crippen LogP contribution is 2.34. The van der Waals surface area contributed by atoms with Gasteiger partial charge in [-0.2, -0.15) is 0 Å². The number of amides is 1. The molecule has 0 saturated carbocycles. The van der Waals surface area contributed by atoms with Crippen molar-refractivity contribution in [3.05, 3.63) is 56.5 Å². The minimum absolute atomic E-state index is 0.0291. The number of carbonyl (C=O) groups is 1. The molecule has 1 amide bonds. The van der Waals surface area contributed by atoms with Gasteiger partial charge in [-0.05, 0) is 43.7 Å². The zero-order valence-corrected chi connectivity index (χ0v) is 16.0. The van der Waals surface area contributed by atoms with Crippen LogP contribution < -0.4 is 14.8 Å². The fourth-order valence-corrected chi connectivity index (χ4v) is 2.76. The second kappa shape index (κ2) is 9.19. The van der Waals surface area contributed by atoms with Crippen molar-refractivity contribution in [2.75, 3.05) is 18.5 Å². The molecule has 0 bridgehead atoms. The fraction of sp³-hybridized carbons (Fsp3) is 0.278. The van der Waals surface area contributed by atoms with Gasteiger partial charge in [0, 0.05) is 22.3 Å². The summed E-state index contributed by atoms with van der Waals surface area (Å²) >= 11 is 3.45. The van der Waals surface area contributed by atoms with Gasteiger partial charge >= 0.3 is 0 Å². The second-order valence-corrected chi connectivity index (χ2v) is 6.14. The molecule has 0 spiro atoms. The normalized spacial score (nSPS) is 10.3. The number of anilines is 1. The smallest absolute Gasteiger partial charge is 0.269 e. The maximum Gasteiger partial charge on any atom is 0.269 e. The largest absolute Gasteiger partial charge is 0.490 e. The van der Waals surface area contributed by atoms with Gasteiger partial charge in [0.2, 0.25) is 5.91 Å². The topological polar surface area (TPSA) is 90.7 Å². The van der Waals surface area contributed by atoms with E-state index in [2.05, 4.69) is 21.2 Å². The van der Waals surface area contributed by atoms with Gasteiger partial charge < -0.3 is 14.8 Å². The van der Waals surface area contributed by atoms with Crippen LogP contribution >= 0.6 is 15.9 Å². The highest BCUT2D eigenvalue weighted by atomic mass is 79.9. The number of benzene rings is 2. The van der Waals surface area contributed by atoms with E-state index in [4.69, 9.17) is 9.47 Å². The van der Waals surface area contributed by atoms with E-state index in [0.29, 0.717) is 30.4 Å². The molecule has 138 valence electrons. The van der Waals surface area contributed by atoms with Crippen LogP contribution in [-0.2, 0) is 11.2 Å². The lowest BCUT2D eigenvalue weighted by Crippen LogP contribution is -2.15. The van der Waals surface area contributed by atoms with E-state index in [9.17, 15) is 14.9 Å². The monoisotopic (exact) mass is 422 g/mol. The zero-order valence-electron chi connectivity index (χ0n) is 14.5. The molecule has 0 unspecified atom stereocenters. The van der Waals surface area contributed by atoms with E-state index >= 15 is 0 Å². The zero-order chi connectivity index (χ0) is 19.1. The predicted octanol–water partition coefficient (Wildman–Crippen LogP) is 4.34. The van der Waals surface area contributed by atoms with Crippen molar-refractivity contribution in [2.24, 2.45) is 0 Å². The summed E-state index contributed by atoms with van der Waals surface area (Å²) in [5.41, 5.74) is 1.21. The van der Waals surface area contributed by atoms with Crippen molar-refractivity contribution in [1.29, 1.82) is 0 Å². The lowest BCUT2D eigenvalue weighted by Gasteiger charge is -2.14. The molecular weight excluding hydrogens is 404 g/mol.